The second-order valence-corrected chi connectivity index (χ2v) is 11.0. The maximum atomic E-state index is 12.6. The molecule has 1 atom stereocenters. The molecule has 7 heteroatoms. The number of amides is 2. The number of rotatable bonds is 4. The average Bonchev–Trinajstić information content (AvgIpc) is 2.87. The van der Waals surface area contributed by atoms with Gasteiger partial charge in [0.2, 0.25) is 0 Å². The third-order valence-electron chi connectivity index (χ3n) is 5.41. The molecule has 30 heavy (non-hydrogen) atoms. The minimum Gasteiger partial charge on any atom is -0.493 e. The van der Waals surface area contributed by atoms with Crippen molar-refractivity contribution >= 4 is 24.1 Å². The second-order valence-electron chi connectivity index (χ2n) is 7.82. The van der Waals surface area contributed by atoms with Crippen molar-refractivity contribution in [3.8, 4) is 11.5 Å². The molecule has 0 radical (unpaired) electrons. The first kappa shape index (κ1) is 22.0. The zero-order valence-electron chi connectivity index (χ0n) is 18.4. The lowest BCUT2D eigenvalue weighted by Crippen LogP contribution is -2.40. The van der Waals surface area contributed by atoms with Gasteiger partial charge in [-0.1, -0.05) is 24.3 Å². The Labute approximate surface area is 178 Å². The quantitative estimate of drug-likeness (QED) is 0.750. The van der Waals surface area contributed by atoms with Crippen LogP contribution in [0.25, 0.3) is 5.57 Å². The Kier molecular flexibility index (Phi) is 6.27. The van der Waals surface area contributed by atoms with Crippen molar-refractivity contribution in [2.24, 2.45) is 0 Å². The van der Waals surface area contributed by atoms with Gasteiger partial charge in [-0.25, -0.2) is 4.79 Å². The summed E-state index contributed by atoms with van der Waals surface area (Å²) >= 11 is 0. The normalized spacial score (nSPS) is 16.3. The fourth-order valence-corrected chi connectivity index (χ4v) is 4.58. The number of urea groups is 1. The molecule has 6 nitrogen and oxygen atoms in total. The van der Waals surface area contributed by atoms with Gasteiger partial charge < -0.3 is 19.4 Å². The number of fused-ring (bicyclic) bond motifs is 1. The van der Waals surface area contributed by atoms with E-state index in [2.05, 4.69) is 5.32 Å². The van der Waals surface area contributed by atoms with Crippen molar-refractivity contribution in [1.82, 2.24) is 10.2 Å². The van der Waals surface area contributed by atoms with Gasteiger partial charge in [0.1, 0.15) is 7.14 Å². The van der Waals surface area contributed by atoms with Crippen molar-refractivity contribution in [2.45, 2.75) is 19.4 Å². The Morgan fingerprint density at radius 1 is 1.10 bits per heavy atom. The molecule has 0 aromatic heterocycles. The molecule has 0 aliphatic carbocycles. The monoisotopic (exact) mass is 428 g/mol. The molecule has 0 bridgehead atoms. The van der Waals surface area contributed by atoms with Crippen LogP contribution in [0.4, 0.5) is 4.79 Å². The molecule has 1 heterocycles. The van der Waals surface area contributed by atoms with Gasteiger partial charge in [-0.05, 0) is 55.5 Å². The maximum absolute atomic E-state index is 12.6. The molecule has 160 valence electrons. The standard InChI is InChI=1S/C23H29N2O4P/c1-15-11-17-12-21(28-3)22(29-4)13-19(17)20(14-25(15)23(26)24-2)16-7-9-18(10-8-16)30(5,6)27/h7-10,12-15H,11H2,1-6H3,(H,24,26). The number of nitrogens with one attached hydrogen (secondary N) is 1. The van der Waals surface area contributed by atoms with Crippen LogP contribution in [0.1, 0.15) is 23.6 Å². The molecule has 1 N–H and O–H groups in total. The molecule has 0 saturated heterocycles. The molecule has 0 saturated carbocycles. The van der Waals surface area contributed by atoms with Gasteiger partial charge in [0.25, 0.3) is 0 Å². The van der Waals surface area contributed by atoms with Crippen LogP contribution in [0.5, 0.6) is 11.5 Å². The van der Waals surface area contributed by atoms with Gasteiger partial charge in [0, 0.05) is 30.2 Å². The van der Waals surface area contributed by atoms with E-state index in [0.29, 0.717) is 17.9 Å². The van der Waals surface area contributed by atoms with Crippen LogP contribution in [0.3, 0.4) is 0 Å². The molecule has 1 aliphatic heterocycles. The summed E-state index contributed by atoms with van der Waals surface area (Å²) in [5.41, 5.74) is 3.88. The van der Waals surface area contributed by atoms with Gasteiger partial charge in [0.15, 0.2) is 11.5 Å². The number of benzene rings is 2. The van der Waals surface area contributed by atoms with Crippen molar-refractivity contribution < 1.29 is 18.8 Å². The summed E-state index contributed by atoms with van der Waals surface area (Å²) in [7, 11) is 2.50. The fraction of sp³-hybridized carbons (Fsp3) is 0.348. The Hall–Kier alpha value is -2.72. The minimum absolute atomic E-state index is 0.0509. The zero-order valence-corrected chi connectivity index (χ0v) is 19.2. The van der Waals surface area contributed by atoms with Gasteiger partial charge in [0.05, 0.1) is 14.2 Å². The number of ether oxygens (including phenoxy) is 2. The summed E-state index contributed by atoms with van der Waals surface area (Å²) in [6.45, 7) is 5.53. The van der Waals surface area contributed by atoms with Gasteiger partial charge in [-0.2, -0.15) is 0 Å². The van der Waals surface area contributed by atoms with E-state index in [4.69, 9.17) is 9.47 Å². The van der Waals surface area contributed by atoms with E-state index in [9.17, 15) is 9.36 Å². The molecule has 1 unspecified atom stereocenters. The first-order valence-corrected chi connectivity index (χ1v) is 12.4. The second kappa shape index (κ2) is 8.57. The first-order chi connectivity index (χ1) is 14.2. The van der Waals surface area contributed by atoms with Crippen molar-refractivity contribution in [2.75, 3.05) is 34.6 Å². The SMILES string of the molecule is CNC(=O)N1C=C(c2ccc(P(C)(C)=O)cc2)c2cc(OC)c(OC)cc2CC1C. The smallest absolute Gasteiger partial charge is 0.321 e. The Balaban J connectivity index is 2.22. The highest BCUT2D eigenvalue weighted by Gasteiger charge is 2.27. The molecule has 3 rings (SSSR count). The third-order valence-corrected chi connectivity index (χ3v) is 6.95. The van der Waals surface area contributed by atoms with Crippen LogP contribution in [0.15, 0.2) is 42.6 Å². The highest BCUT2D eigenvalue weighted by Crippen LogP contribution is 2.40. The van der Waals surface area contributed by atoms with E-state index in [1.165, 1.54) is 0 Å². The lowest BCUT2D eigenvalue weighted by molar-refractivity contribution is 0.205. The number of methoxy groups -OCH3 is 2. The summed E-state index contributed by atoms with van der Waals surface area (Å²) in [4.78, 5) is 14.3. The van der Waals surface area contributed by atoms with Crippen LogP contribution < -0.4 is 20.1 Å². The maximum Gasteiger partial charge on any atom is 0.321 e. The summed E-state index contributed by atoms with van der Waals surface area (Å²) in [5.74, 6) is 1.29. The molecule has 2 aromatic rings. The lowest BCUT2D eigenvalue weighted by atomic mass is 9.92. The Bertz CT molecular complexity index is 1020. The van der Waals surface area contributed by atoms with E-state index in [-0.39, 0.29) is 12.1 Å². The zero-order chi connectivity index (χ0) is 22.1. The van der Waals surface area contributed by atoms with E-state index in [1.54, 1.807) is 39.5 Å². The highest BCUT2D eigenvalue weighted by atomic mass is 31.2. The van der Waals surface area contributed by atoms with Gasteiger partial charge in [-0.3, -0.25) is 4.90 Å². The molecule has 0 spiro atoms. The summed E-state index contributed by atoms with van der Waals surface area (Å²) in [6.07, 6.45) is 2.55. The largest absolute Gasteiger partial charge is 0.493 e. The van der Waals surface area contributed by atoms with Crippen LogP contribution in [0.2, 0.25) is 0 Å². The summed E-state index contributed by atoms with van der Waals surface area (Å²) < 4.78 is 23.5. The van der Waals surface area contributed by atoms with Crippen LogP contribution in [-0.2, 0) is 11.0 Å². The van der Waals surface area contributed by atoms with Crippen LogP contribution in [-0.4, -0.2) is 51.6 Å². The predicted molar refractivity (Wildman–Crippen MR) is 122 cm³/mol. The van der Waals surface area contributed by atoms with E-state index in [1.807, 2.05) is 49.5 Å². The summed E-state index contributed by atoms with van der Waals surface area (Å²) in [6, 6.07) is 11.4. The average molecular weight is 428 g/mol. The number of carbonyl (C=O) groups is 1. The Morgan fingerprint density at radius 2 is 1.70 bits per heavy atom. The molecule has 0 fully saturated rings. The van der Waals surface area contributed by atoms with Crippen molar-refractivity contribution in [1.29, 1.82) is 0 Å². The van der Waals surface area contributed by atoms with Crippen molar-refractivity contribution in [3.63, 3.8) is 0 Å². The molecule has 1 aliphatic rings. The minimum atomic E-state index is -2.35. The van der Waals surface area contributed by atoms with E-state index >= 15 is 0 Å². The molecular formula is C23H29N2O4P. The first-order valence-electron chi connectivity index (χ1n) is 9.82. The molecule has 2 amide bonds. The number of hydrogen-bond donors (Lipinski definition) is 1. The summed E-state index contributed by atoms with van der Waals surface area (Å²) in [5, 5.41) is 3.55. The third kappa shape index (κ3) is 4.24. The number of nitrogens with zero attached hydrogens (tertiary/aromatic N) is 1. The van der Waals surface area contributed by atoms with Gasteiger partial charge in [-0.15, -0.1) is 0 Å². The molecular weight excluding hydrogens is 399 g/mol. The Morgan fingerprint density at radius 3 is 2.23 bits per heavy atom. The fourth-order valence-electron chi connectivity index (χ4n) is 3.71. The lowest BCUT2D eigenvalue weighted by Gasteiger charge is -2.24. The van der Waals surface area contributed by atoms with E-state index < -0.39 is 7.14 Å². The molecule has 2 aromatic carbocycles. The topological polar surface area (TPSA) is 67.9 Å². The van der Waals surface area contributed by atoms with Crippen LogP contribution >= 0.6 is 7.14 Å². The van der Waals surface area contributed by atoms with E-state index in [0.717, 1.165) is 27.6 Å². The highest BCUT2D eigenvalue weighted by molar-refractivity contribution is 7.70. The number of hydrogen-bond acceptors (Lipinski definition) is 4. The van der Waals surface area contributed by atoms with Crippen molar-refractivity contribution in [3.05, 3.63) is 59.3 Å². The predicted octanol–water partition coefficient (Wildman–Crippen LogP) is 3.93. The van der Waals surface area contributed by atoms with Crippen LogP contribution in [0, 0.1) is 0 Å². The number of carbonyl (C=O) groups excluding carboxylic acids is 1. The van der Waals surface area contributed by atoms with Gasteiger partial charge >= 0.3 is 6.03 Å².